The lowest BCUT2D eigenvalue weighted by Crippen LogP contribution is -2.50. The van der Waals surface area contributed by atoms with Gasteiger partial charge in [-0.1, -0.05) is 12.1 Å². The standard InChI is InChI=1S/C17H21N5OS/c1-2-23-15-7-4-3-6-14(15)20-17(24)22-12-10-21(11-13-22)16-18-8-5-9-19-16/h3-9H,2,10-13H2,1H3,(H,20,24). The van der Waals surface area contributed by atoms with Gasteiger partial charge in [-0.2, -0.15) is 0 Å². The van der Waals surface area contributed by atoms with E-state index in [0.29, 0.717) is 6.61 Å². The fourth-order valence-corrected chi connectivity index (χ4v) is 2.90. The number of anilines is 2. The number of piperazine rings is 1. The first-order valence-electron chi connectivity index (χ1n) is 8.07. The van der Waals surface area contributed by atoms with Crippen LogP contribution in [0.25, 0.3) is 0 Å². The molecule has 1 saturated heterocycles. The number of ether oxygens (including phenoxy) is 1. The molecule has 3 rings (SSSR count). The maximum absolute atomic E-state index is 5.63. The van der Waals surface area contributed by atoms with Gasteiger partial charge in [0.25, 0.3) is 0 Å². The smallest absolute Gasteiger partial charge is 0.225 e. The molecular weight excluding hydrogens is 322 g/mol. The SMILES string of the molecule is CCOc1ccccc1NC(=S)N1CCN(c2ncccn2)CC1. The molecule has 0 aliphatic carbocycles. The molecular formula is C17H21N5OS. The molecule has 1 aliphatic heterocycles. The zero-order chi connectivity index (χ0) is 16.8. The second kappa shape index (κ2) is 7.92. The maximum Gasteiger partial charge on any atom is 0.225 e. The van der Waals surface area contributed by atoms with Gasteiger partial charge < -0.3 is 19.9 Å². The highest BCUT2D eigenvalue weighted by molar-refractivity contribution is 7.80. The van der Waals surface area contributed by atoms with Crippen molar-refractivity contribution in [2.45, 2.75) is 6.92 Å². The van der Waals surface area contributed by atoms with Crippen molar-refractivity contribution in [1.29, 1.82) is 0 Å². The van der Waals surface area contributed by atoms with Crippen molar-refractivity contribution in [3.8, 4) is 5.75 Å². The highest BCUT2D eigenvalue weighted by Crippen LogP contribution is 2.24. The molecule has 126 valence electrons. The average molecular weight is 343 g/mol. The predicted octanol–water partition coefficient (Wildman–Crippen LogP) is 2.39. The number of para-hydroxylation sites is 2. The number of thiocarbonyl (C=S) groups is 1. The van der Waals surface area contributed by atoms with Crippen molar-refractivity contribution in [3.63, 3.8) is 0 Å². The number of hydrogen-bond acceptors (Lipinski definition) is 5. The topological polar surface area (TPSA) is 53.5 Å². The summed E-state index contributed by atoms with van der Waals surface area (Å²) < 4.78 is 5.63. The van der Waals surface area contributed by atoms with Crippen LogP contribution in [0.2, 0.25) is 0 Å². The van der Waals surface area contributed by atoms with E-state index in [-0.39, 0.29) is 0 Å². The molecule has 2 aromatic rings. The van der Waals surface area contributed by atoms with Crippen LogP contribution in [-0.2, 0) is 0 Å². The summed E-state index contributed by atoms with van der Waals surface area (Å²) in [6, 6.07) is 9.68. The third-order valence-electron chi connectivity index (χ3n) is 3.83. The Morgan fingerprint density at radius 1 is 1.12 bits per heavy atom. The van der Waals surface area contributed by atoms with Crippen LogP contribution in [0.5, 0.6) is 5.75 Å². The predicted molar refractivity (Wildman–Crippen MR) is 99.6 cm³/mol. The molecule has 1 N–H and O–H groups in total. The second-order valence-corrected chi connectivity index (χ2v) is 5.77. The van der Waals surface area contributed by atoms with E-state index in [1.165, 1.54) is 0 Å². The fraction of sp³-hybridized carbons (Fsp3) is 0.353. The first-order chi connectivity index (χ1) is 11.8. The van der Waals surface area contributed by atoms with Crippen molar-refractivity contribution in [3.05, 3.63) is 42.7 Å². The van der Waals surface area contributed by atoms with E-state index in [2.05, 4.69) is 25.1 Å². The van der Waals surface area contributed by atoms with E-state index in [1.807, 2.05) is 37.3 Å². The molecule has 2 heterocycles. The molecule has 1 aliphatic rings. The zero-order valence-electron chi connectivity index (χ0n) is 13.7. The summed E-state index contributed by atoms with van der Waals surface area (Å²) in [7, 11) is 0. The third-order valence-corrected chi connectivity index (χ3v) is 4.19. The number of benzene rings is 1. The second-order valence-electron chi connectivity index (χ2n) is 5.38. The van der Waals surface area contributed by atoms with Gasteiger partial charge in [-0.15, -0.1) is 0 Å². The van der Waals surface area contributed by atoms with E-state index in [9.17, 15) is 0 Å². The first kappa shape index (κ1) is 16.4. The van der Waals surface area contributed by atoms with Crippen LogP contribution in [-0.4, -0.2) is 52.8 Å². The lowest BCUT2D eigenvalue weighted by molar-refractivity contribution is 0.341. The summed E-state index contributed by atoms with van der Waals surface area (Å²) in [6.07, 6.45) is 3.54. The van der Waals surface area contributed by atoms with Crippen molar-refractivity contribution in [1.82, 2.24) is 14.9 Å². The largest absolute Gasteiger partial charge is 0.492 e. The fourth-order valence-electron chi connectivity index (χ4n) is 2.61. The monoisotopic (exact) mass is 343 g/mol. The van der Waals surface area contributed by atoms with Crippen molar-refractivity contribution >= 4 is 29.0 Å². The minimum Gasteiger partial charge on any atom is -0.492 e. The normalized spacial score (nSPS) is 14.4. The van der Waals surface area contributed by atoms with Gasteiger partial charge in [0, 0.05) is 38.6 Å². The summed E-state index contributed by atoms with van der Waals surface area (Å²) >= 11 is 5.56. The van der Waals surface area contributed by atoms with Crippen molar-refractivity contribution in [2.24, 2.45) is 0 Å². The Morgan fingerprint density at radius 3 is 2.54 bits per heavy atom. The Balaban J connectivity index is 1.58. The Bertz CT molecular complexity index is 674. The first-order valence-corrected chi connectivity index (χ1v) is 8.48. The van der Waals surface area contributed by atoms with Gasteiger partial charge in [0.2, 0.25) is 5.95 Å². The van der Waals surface area contributed by atoms with Gasteiger partial charge in [-0.3, -0.25) is 0 Å². The Morgan fingerprint density at radius 2 is 1.83 bits per heavy atom. The molecule has 1 aromatic carbocycles. The van der Waals surface area contributed by atoms with E-state index in [4.69, 9.17) is 17.0 Å². The molecule has 0 unspecified atom stereocenters. The summed E-state index contributed by atoms with van der Waals surface area (Å²) in [5.74, 6) is 1.59. The molecule has 1 aromatic heterocycles. The number of rotatable bonds is 4. The molecule has 0 bridgehead atoms. The molecule has 24 heavy (non-hydrogen) atoms. The number of nitrogens with one attached hydrogen (secondary N) is 1. The van der Waals surface area contributed by atoms with E-state index < -0.39 is 0 Å². The van der Waals surface area contributed by atoms with Crippen LogP contribution in [0, 0.1) is 0 Å². The van der Waals surface area contributed by atoms with Crippen LogP contribution in [0.4, 0.5) is 11.6 Å². The average Bonchev–Trinajstić information content (AvgIpc) is 2.64. The molecule has 0 saturated carbocycles. The molecule has 0 radical (unpaired) electrons. The third kappa shape index (κ3) is 3.91. The van der Waals surface area contributed by atoms with Gasteiger partial charge in [-0.05, 0) is 37.3 Å². The van der Waals surface area contributed by atoms with Gasteiger partial charge in [0.05, 0.1) is 12.3 Å². The van der Waals surface area contributed by atoms with Crippen molar-refractivity contribution in [2.75, 3.05) is 43.0 Å². The summed E-state index contributed by atoms with van der Waals surface area (Å²) in [5, 5.41) is 4.02. The minimum absolute atomic E-state index is 0.626. The molecule has 0 amide bonds. The summed E-state index contributed by atoms with van der Waals surface area (Å²) in [4.78, 5) is 12.9. The van der Waals surface area contributed by atoms with E-state index >= 15 is 0 Å². The number of hydrogen-bond donors (Lipinski definition) is 1. The van der Waals surface area contributed by atoms with Crippen LogP contribution < -0.4 is 15.0 Å². The Labute approximate surface area is 147 Å². The lowest BCUT2D eigenvalue weighted by atomic mass is 10.3. The van der Waals surface area contributed by atoms with Gasteiger partial charge in [-0.25, -0.2) is 9.97 Å². The highest BCUT2D eigenvalue weighted by atomic mass is 32.1. The van der Waals surface area contributed by atoms with E-state index in [1.54, 1.807) is 12.4 Å². The molecule has 0 atom stereocenters. The summed E-state index contributed by atoms with van der Waals surface area (Å²) in [6.45, 7) is 5.96. The maximum atomic E-state index is 5.63. The lowest BCUT2D eigenvalue weighted by Gasteiger charge is -2.36. The molecule has 7 heteroatoms. The van der Waals surface area contributed by atoms with Crippen LogP contribution in [0.3, 0.4) is 0 Å². The van der Waals surface area contributed by atoms with Crippen molar-refractivity contribution < 1.29 is 4.74 Å². The highest BCUT2D eigenvalue weighted by Gasteiger charge is 2.21. The molecule has 6 nitrogen and oxygen atoms in total. The van der Waals surface area contributed by atoms with Gasteiger partial charge >= 0.3 is 0 Å². The van der Waals surface area contributed by atoms with Gasteiger partial charge in [0.1, 0.15) is 5.75 Å². The Kier molecular flexibility index (Phi) is 5.43. The Hall–Kier alpha value is -2.41. The quantitative estimate of drug-likeness (QED) is 0.856. The van der Waals surface area contributed by atoms with E-state index in [0.717, 1.165) is 48.7 Å². The number of aromatic nitrogens is 2. The molecule has 0 spiro atoms. The van der Waals surface area contributed by atoms with Crippen LogP contribution in [0.1, 0.15) is 6.92 Å². The van der Waals surface area contributed by atoms with Crippen LogP contribution >= 0.6 is 12.2 Å². The van der Waals surface area contributed by atoms with Gasteiger partial charge in [0.15, 0.2) is 5.11 Å². The number of nitrogens with zero attached hydrogens (tertiary/aromatic N) is 4. The minimum atomic E-state index is 0.626. The zero-order valence-corrected chi connectivity index (χ0v) is 14.5. The van der Waals surface area contributed by atoms with Crippen LogP contribution in [0.15, 0.2) is 42.7 Å². The molecule has 1 fully saturated rings. The summed E-state index contributed by atoms with van der Waals surface area (Å²) in [5.41, 5.74) is 0.901.